The van der Waals surface area contributed by atoms with Gasteiger partial charge in [-0.05, 0) is 19.9 Å². The fourth-order valence-electron chi connectivity index (χ4n) is 0.977. The smallest absolute Gasteiger partial charge is 0.158 e. The quantitative estimate of drug-likeness (QED) is 0.556. The Morgan fingerprint density at radius 1 is 1.43 bits per heavy atom. The molecule has 3 nitrogen and oxygen atoms in total. The van der Waals surface area contributed by atoms with Gasteiger partial charge in [0.05, 0.1) is 6.34 Å². The average Bonchev–Trinajstić information content (AvgIpc) is 2.08. The molecular formula is C10H14ClN3. The summed E-state index contributed by atoms with van der Waals surface area (Å²) in [4.78, 5) is 10.4. The highest BCUT2D eigenvalue weighted by molar-refractivity contribution is 6.31. The molecule has 1 heterocycles. The Morgan fingerprint density at radius 2 is 2.07 bits per heavy atom. The largest absolute Gasteiger partial charge is 0.369 e. The number of halogens is 1. The zero-order valence-electron chi connectivity index (χ0n) is 8.87. The summed E-state index contributed by atoms with van der Waals surface area (Å²) in [6.07, 6.45) is 1.71. The van der Waals surface area contributed by atoms with E-state index in [9.17, 15) is 0 Å². The van der Waals surface area contributed by atoms with Gasteiger partial charge >= 0.3 is 0 Å². The van der Waals surface area contributed by atoms with Crippen molar-refractivity contribution < 1.29 is 0 Å². The van der Waals surface area contributed by atoms with Crippen molar-refractivity contribution in [3.8, 4) is 0 Å². The summed E-state index contributed by atoms with van der Waals surface area (Å²) in [6.45, 7) is 3.82. The first-order valence-corrected chi connectivity index (χ1v) is 4.73. The first-order chi connectivity index (χ1) is 6.50. The van der Waals surface area contributed by atoms with Crippen LogP contribution in [-0.4, -0.2) is 30.3 Å². The van der Waals surface area contributed by atoms with Gasteiger partial charge in [-0.15, -0.1) is 0 Å². The van der Waals surface area contributed by atoms with Crippen LogP contribution in [0.2, 0.25) is 5.02 Å². The summed E-state index contributed by atoms with van der Waals surface area (Å²) in [5.74, 6) is 0.684. The lowest BCUT2D eigenvalue weighted by atomic mass is 10.2. The molecule has 0 aliphatic heterocycles. The van der Waals surface area contributed by atoms with Crippen molar-refractivity contribution in [1.82, 2.24) is 9.88 Å². The highest BCUT2D eigenvalue weighted by Crippen LogP contribution is 2.24. The van der Waals surface area contributed by atoms with E-state index in [-0.39, 0.29) is 0 Å². The number of aryl methyl sites for hydroxylation is 1. The second-order valence-electron chi connectivity index (χ2n) is 3.40. The van der Waals surface area contributed by atoms with Gasteiger partial charge in [0.1, 0.15) is 0 Å². The summed E-state index contributed by atoms with van der Waals surface area (Å²) in [6, 6.07) is 1.84. The molecule has 0 N–H and O–H groups in total. The van der Waals surface area contributed by atoms with E-state index in [0.29, 0.717) is 10.8 Å². The SMILES string of the molecule is Cc1cc(Cl)c(C)c(N=CN(C)C)n1. The molecule has 0 aliphatic rings. The van der Waals surface area contributed by atoms with Crippen LogP contribution < -0.4 is 0 Å². The lowest BCUT2D eigenvalue weighted by Gasteiger charge is -2.05. The van der Waals surface area contributed by atoms with Gasteiger partial charge in [0.25, 0.3) is 0 Å². The molecule has 0 aliphatic carbocycles. The van der Waals surface area contributed by atoms with E-state index in [1.807, 2.05) is 38.9 Å². The van der Waals surface area contributed by atoms with Crippen molar-refractivity contribution in [1.29, 1.82) is 0 Å². The maximum absolute atomic E-state index is 6.01. The fraction of sp³-hybridized carbons (Fsp3) is 0.400. The first-order valence-electron chi connectivity index (χ1n) is 4.35. The lowest BCUT2D eigenvalue weighted by molar-refractivity contribution is 0.643. The van der Waals surface area contributed by atoms with Gasteiger partial charge in [-0.2, -0.15) is 0 Å². The Labute approximate surface area is 89.4 Å². The third kappa shape index (κ3) is 2.70. The van der Waals surface area contributed by atoms with Crippen molar-refractivity contribution >= 4 is 23.8 Å². The zero-order chi connectivity index (χ0) is 10.7. The van der Waals surface area contributed by atoms with Gasteiger partial charge in [-0.25, -0.2) is 9.98 Å². The highest BCUT2D eigenvalue weighted by atomic mass is 35.5. The predicted molar refractivity (Wildman–Crippen MR) is 60.6 cm³/mol. The second kappa shape index (κ2) is 4.42. The van der Waals surface area contributed by atoms with E-state index in [1.54, 1.807) is 6.34 Å². The van der Waals surface area contributed by atoms with Crippen LogP contribution >= 0.6 is 11.6 Å². The second-order valence-corrected chi connectivity index (χ2v) is 3.81. The van der Waals surface area contributed by atoms with Crippen LogP contribution in [0.5, 0.6) is 0 Å². The normalized spacial score (nSPS) is 10.9. The molecule has 1 rings (SSSR count). The Balaban J connectivity index is 3.08. The molecule has 76 valence electrons. The zero-order valence-corrected chi connectivity index (χ0v) is 9.63. The number of hydrogen-bond acceptors (Lipinski definition) is 2. The Bertz CT molecular complexity index is 359. The van der Waals surface area contributed by atoms with Crippen LogP contribution in [0, 0.1) is 13.8 Å². The van der Waals surface area contributed by atoms with Crippen LogP contribution in [0.3, 0.4) is 0 Å². The first kappa shape index (κ1) is 11.0. The molecule has 0 amide bonds. The van der Waals surface area contributed by atoms with Crippen molar-refractivity contribution in [2.45, 2.75) is 13.8 Å². The van der Waals surface area contributed by atoms with Crippen molar-refractivity contribution in [2.75, 3.05) is 14.1 Å². The number of pyridine rings is 1. The molecule has 0 fully saturated rings. The summed E-state index contributed by atoms with van der Waals surface area (Å²) < 4.78 is 0. The van der Waals surface area contributed by atoms with E-state index in [4.69, 9.17) is 11.6 Å². The Hall–Kier alpha value is -1.09. The molecule has 14 heavy (non-hydrogen) atoms. The van der Waals surface area contributed by atoms with Crippen LogP contribution in [-0.2, 0) is 0 Å². The summed E-state index contributed by atoms with van der Waals surface area (Å²) in [5, 5.41) is 0.711. The molecule has 1 aromatic heterocycles. The van der Waals surface area contributed by atoms with Gasteiger partial charge in [-0.3, -0.25) is 0 Å². The van der Waals surface area contributed by atoms with Crippen LogP contribution in [0.4, 0.5) is 5.82 Å². The highest BCUT2D eigenvalue weighted by Gasteiger charge is 2.03. The standard InChI is InChI=1S/C10H14ClN3/c1-7-5-9(11)8(2)10(13-7)12-6-14(3)4/h5-6H,1-4H3. The van der Waals surface area contributed by atoms with Crippen LogP contribution in [0.25, 0.3) is 0 Å². The van der Waals surface area contributed by atoms with Gasteiger partial charge in [0, 0.05) is 30.4 Å². The lowest BCUT2D eigenvalue weighted by Crippen LogP contribution is -2.07. The molecule has 0 saturated carbocycles. The molecule has 0 radical (unpaired) electrons. The van der Waals surface area contributed by atoms with E-state index >= 15 is 0 Å². The van der Waals surface area contributed by atoms with E-state index in [1.165, 1.54) is 0 Å². The predicted octanol–water partition coefficient (Wildman–Crippen LogP) is 2.57. The molecule has 0 aromatic carbocycles. The maximum atomic E-state index is 6.01. The maximum Gasteiger partial charge on any atom is 0.158 e. The minimum absolute atomic E-state index is 0.684. The van der Waals surface area contributed by atoms with Crippen molar-refractivity contribution in [2.24, 2.45) is 4.99 Å². The average molecular weight is 212 g/mol. The number of aliphatic imine (C=N–C) groups is 1. The van der Waals surface area contributed by atoms with Crippen molar-refractivity contribution in [3.05, 3.63) is 22.3 Å². The third-order valence-corrected chi connectivity index (χ3v) is 2.12. The monoisotopic (exact) mass is 211 g/mol. The third-order valence-electron chi connectivity index (χ3n) is 1.72. The Kier molecular flexibility index (Phi) is 3.47. The molecule has 4 heteroatoms. The summed E-state index contributed by atoms with van der Waals surface area (Å²) >= 11 is 6.01. The number of hydrogen-bond donors (Lipinski definition) is 0. The molecule has 0 saturated heterocycles. The molecule has 0 unspecified atom stereocenters. The van der Waals surface area contributed by atoms with Crippen molar-refractivity contribution in [3.63, 3.8) is 0 Å². The topological polar surface area (TPSA) is 28.5 Å². The van der Waals surface area contributed by atoms with E-state index in [2.05, 4.69) is 9.98 Å². The fourth-order valence-corrected chi connectivity index (χ4v) is 1.22. The summed E-state index contributed by atoms with van der Waals surface area (Å²) in [5.41, 5.74) is 1.79. The van der Waals surface area contributed by atoms with Crippen LogP contribution in [0.1, 0.15) is 11.3 Å². The Morgan fingerprint density at radius 3 is 2.64 bits per heavy atom. The van der Waals surface area contributed by atoms with Gasteiger partial charge in [0.2, 0.25) is 0 Å². The van der Waals surface area contributed by atoms with Gasteiger partial charge in [0.15, 0.2) is 5.82 Å². The number of rotatable bonds is 2. The number of aromatic nitrogens is 1. The van der Waals surface area contributed by atoms with E-state index < -0.39 is 0 Å². The van der Waals surface area contributed by atoms with Gasteiger partial charge < -0.3 is 4.90 Å². The molecule has 0 spiro atoms. The van der Waals surface area contributed by atoms with E-state index in [0.717, 1.165) is 11.3 Å². The minimum atomic E-state index is 0.684. The molecule has 1 aromatic rings. The number of nitrogens with zero attached hydrogens (tertiary/aromatic N) is 3. The van der Waals surface area contributed by atoms with Gasteiger partial charge in [-0.1, -0.05) is 11.6 Å². The molecule has 0 atom stereocenters. The van der Waals surface area contributed by atoms with Crippen LogP contribution in [0.15, 0.2) is 11.1 Å². The summed E-state index contributed by atoms with van der Waals surface area (Å²) in [7, 11) is 3.83. The molecular weight excluding hydrogens is 198 g/mol. The molecule has 0 bridgehead atoms. The minimum Gasteiger partial charge on any atom is -0.369 e.